The minimum atomic E-state index is -0.876. The molecule has 0 amide bonds. The van der Waals surface area contributed by atoms with Crippen molar-refractivity contribution >= 4 is 28.6 Å². The van der Waals surface area contributed by atoms with Crippen molar-refractivity contribution in [1.29, 1.82) is 0 Å². The highest BCUT2D eigenvalue weighted by molar-refractivity contribution is 7.99. The number of hydrogen-bond acceptors (Lipinski definition) is 5. The zero-order valence-corrected chi connectivity index (χ0v) is 20.9. The molecule has 1 aliphatic heterocycles. The first-order chi connectivity index (χ1) is 17.3. The summed E-state index contributed by atoms with van der Waals surface area (Å²) in [5.41, 5.74) is 0.317. The van der Waals surface area contributed by atoms with Gasteiger partial charge in [-0.15, -0.1) is 11.8 Å². The van der Waals surface area contributed by atoms with E-state index in [4.69, 9.17) is 4.74 Å². The molecule has 1 N–H and O–H groups in total. The quantitative estimate of drug-likeness (QED) is 0.250. The average Bonchev–Trinajstić information content (AvgIpc) is 3.29. The highest BCUT2D eigenvalue weighted by Crippen LogP contribution is 2.37. The molecule has 4 rings (SSSR count). The number of thioether (sulfide) groups is 1. The van der Waals surface area contributed by atoms with E-state index in [2.05, 4.69) is 9.88 Å². The number of nitrogens with zero attached hydrogens (tertiary/aromatic N) is 2. The Hall–Kier alpha value is -2.78. The van der Waals surface area contributed by atoms with Gasteiger partial charge in [0.2, 0.25) is 0 Å². The normalized spacial score (nSPS) is 18.1. The Morgan fingerprint density at radius 1 is 1.17 bits per heavy atom. The van der Waals surface area contributed by atoms with Crippen LogP contribution in [0.25, 0.3) is 10.9 Å². The third kappa shape index (κ3) is 5.95. The fraction of sp³-hybridized carbons (Fsp3) is 0.407. The zero-order valence-electron chi connectivity index (χ0n) is 20.1. The van der Waals surface area contributed by atoms with Gasteiger partial charge in [0.25, 0.3) is 0 Å². The molecule has 5 nitrogen and oxygen atoms in total. The van der Waals surface area contributed by atoms with Crippen LogP contribution in [0.4, 0.5) is 13.2 Å². The minimum absolute atomic E-state index is 0.282. The van der Waals surface area contributed by atoms with Crippen molar-refractivity contribution in [1.82, 2.24) is 9.88 Å². The number of benzene rings is 2. The summed E-state index contributed by atoms with van der Waals surface area (Å²) in [6, 6.07) is 8.73. The summed E-state index contributed by atoms with van der Waals surface area (Å²) >= 11 is 1.26. The number of aliphatic carboxylic acids is 1. The molecule has 0 aliphatic carbocycles. The van der Waals surface area contributed by atoms with Gasteiger partial charge in [-0.25, -0.2) is 13.2 Å². The number of methoxy groups -OCH3 is 1. The van der Waals surface area contributed by atoms with Gasteiger partial charge in [0.15, 0.2) is 0 Å². The number of hydrogen-bond donors (Lipinski definition) is 1. The number of aryl methyl sites for hydroxylation is 1. The molecule has 192 valence electrons. The van der Waals surface area contributed by atoms with Crippen molar-refractivity contribution in [2.24, 2.45) is 5.41 Å². The topological polar surface area (TPSA) is 62.7 Å². The van der Waals surface area contributed by atoms with Crippen molar-refractivity contribution in [3.05, 3.63) is 65.6 Å². The number of carboxylic acids is 1. The van der Waals surface area contributed by atoms with E-state index < -0.39 is 28.8 Å². The molecule has 0 bridgehead atoms. The van der Waals surface area contributed by atoms with E-state index in [0.29, 0.717) is 73.3 Å². The number of pyridine rings is 1. The van der Waals surface area contributed by atoms with E-state index >= 15 is 0 Å². The summed E-state index contributed by atoms with van der Waals surface area (Å²) in [5.74, 6) is -0.923. The maximum atomic E-state index is 14.6. The van der Waals surface area contributed by atoms with Crippen molar-refractivity contribution in [3.8, 4) is 5.75 Å². The molecule has 1 saturated heterocycles. The Morgan fingerprint density at radius 3 is 2.78 bits per heavy atom. The lowest BCUT2D eigenvalue weighted by Crippen LogP contribution is -2.35. The molecule has 1 atom stereocenters. The van der Waals surface area contributed by atoms with E-state index in [-0.39, 0.29) is 4.90 Å². The van der Waals surface area contributed by atoms with Gasteiger partial charge in [0.05, 0.1) is 24.2 Å². The molecule has 0 saturated carbocycles. The molecule has 0 spiro atoms. The minimum Gasteiger partial charge on any atom is -0.497 e. The van der Waals surface area contributed by atoms with E-state index in [1.54, 1.807) is 25.3 Å². The lowest BCUT2D eigenvalue weighted by atomic mass is 9.81. The predicted molar refractivity (Wildman–Crippen MR) is 134 cm³/mol. The Morgan fingerprint density at radius 2 is 2.00 bits per heavy atom. The van der Waals surface area contributed by atoms with Crippen LogP contribution in [-0.4, -0.2) is 53.5 Å². The molecule has 9 heteroatoms. The summed E-state index contributed by atoms with van der Waals surface area (Å²) in [5, 5.41) is 10.7. The molecule has 2 heterocycles. The second kappa shape index (κ2) is 11.5. The van der Waals surface area contributed by atoms with Gasteiger partial charge in [0.1, 0.15) is 23.2 Å². The molecular weight excluding hydrogens is 489 g/mol. The lowest BCUT2D eigenvalue weighted by Gasteiger charge is -2.25. The molecular formula is C27H29F3N2O3S. The smallest absolute Gasteiger partial charge is 0.310 e. The predicted octanol–water partition coefficient (Wildman–Crippen LogP) is 5.94. The first-order valence-electron chi connectivity index (χ1n) is 12.0. The number of fused-ring (bicyclic) bond motifs is 1. The van der Waals surface area contributed by atoms with Crippen LogP contribution in [0.3, 0.4) is 0 Å². The molecule has 3 aromatic rings. The molecule has 36 heavy (non-hydrogen) atoms. The number of likely N-dealkylation sites (tertiary alicyclic amines) is 1. The first kappa shape index (κ1) is 26.3. The number of aromatic nitrogens is 1. The van der Waals surface area contributed by atoms with E-state index in [1.807, 2.05) is 0 Å². The highest BCUT2D eigenvalue weighted by Gasteiger charge is 2.44. The molecule has 1 aromatic heterocycles. The van der Waals surface area contributed by atoms with E-state index in [1.165, 1.54) is 24.0 Å². The van der Waals surface area contributed by atoms with Gasteiger partial charge in [-0.1, -0.05) is 0 Å². The summed E-state index contributed by atoms with van der Waals surface area (Å²) in [6.07, 6.45) is 3.84. The molecule has 1 aliphatic rings. The van der Waals surface area contributed by atoms with Gasteiger partial charge in [-0.05, 0) is 92.9 Å². The van der Waals surface area contributed by atoms with Crippen LogP contribution in [0.1, 0.15) is 31.2 Å². The van der Waals surface area contributed by atoms with E-state index in [0.717, 1.165) is 18.6 Å². The number of ether oxygens (including phenoxy) is 1. The largest absolute Gasteiger partial charge is 0.497 e. The summed E-state index contributed by atoms with van der Waals surface area (Å²) in [6.45, 7) is 1.77. The average molecular weight is 519 g/mol. The van der Waals surface area contributed by atoms with Gasteiger partial charge in [-0.2, -0.15) is 0 Å². The van der Waals surface area contributed by atoms with Crippen LogP contribution in [0, 0.1) is 22.9 Å². The standard InChI is InChI=1S/C27H29F3N2O3S/c1-35-19-6-8-24-21(15-19)20(23(30)16-31-24)4-2-9-27(26(33)34)10-12-32(17-27)11-3-13-36-25-14-18(28)5-7-22(25)29/h5-8,14-16H,2-4,9-13,17H2,1H3,(H,33,34). The summed E-state index contributed by atoms with van der Waals surface area (Å²) in [4.78, 5) is 18.8. The number of halogens is 3. The van der Waals surface area contributed by atoms with Crippen LogP contribution in [-0.2, 0) is 11.2 Å². The van der Waals surface area contributed by atoms with Crippen LogP contribution < -0.4 is 4.74 Å². The maximum absolute atomic E-state index is 14.6. The first-order valence-corrected chi connectivity index (χ1v) is 12.9. The van der Waals surface area contributed by atoms with Crippen LogP contribution in [0.2, 0.25) is 0 Å². The Kier molecular flexibility index (Phi) is 8.41. The number of carboxylic acid groups (broad SMARTS) is 1. The second-order valence-electron chi connectivity index (χ2n) is 9.21. The van der Waals surface area contributed by atoms with Crippen LogP contribution >= 0.6 is 11.8 Å². The van der Waals surface area contributed by atoms with Crippen molar-refractivity contribution in [2.75, 3.05) is 32.5 Å². The molecule has 1 unspecified atom stereocenters. The monoisotopic (exact) mass is 518 g/mol. The Balaban J connectivity index is 1.33. The zero-order chi connectivity index (χ0) is 25.7. The van der Waals surface area contributed by atoms with E-state index in [9.17, 15) is 23.1 Å². The van der Waals surface area contributed by atoms with Crippen molar-refractivity contribution in [2.45, 2.75) is 37.0 Å². The molecule has 1 fully saturated rings. The Labute approximate surface area is 212 Å². The summed E-state index contributed by atoms with van der Waals surface area (Å²) in [7, 11) is 1.55. The second-order valence-corrected chi connectivity index (χ2v) is 10.3. The van der Waals surface area contributed by atoms with Gasteiger partial charge in [0, 0.05) is 16.8 Å². The fourth-order valence-corrected chi connectivity index (χ4v) is 5.77. The summed E-state index contributed by atoms with van der Waals surface area (Å²) < 4.78 is 47.0. The van der Waals surface area contributed by atoms with Gasteiger partial charge in [-0.3, -0.25) is 9.78 Å². The van der Waals surface area contributed by atoms with Gasteiger partial charge >= 0.3 is 5.97 Å². The number of carbonyl (C=O) groups is 1. The van der Waals surface area contributed by atoms with Crippen LogP contribution in [0.15, 0.2) is 47.5 Å². The highest BCUT2D eigenvalue weighted by atomic mass is 32.2. The molecule has 0 radical (unpaired) electrons. The van der Waals surface area contributed by atoms with Crippen molar-refractivity contribution in [3.63, 3.8) is 0 Å². The fourth-order valence-electron chi connectivity index (χ4n) is 4.88. The lowest BCUT2D eigenvalue weighted by molar-refractivity contribution is -0.148. The van der Waals surface area contributed by atoms with Gasteiger partial charge < -0.3 is 14.7 Å². The SMILES string of the molecule is COc1ccc2ncc(F)c(CCCC3(C(=O)O)CCN(CCCSc4cc(F)ccc4F)C3)c2c1. The third-order valence-corrected chi connectivity index (χ3v) is 7.99. The van der Waals surface area contributed by atoms with Crippen molar-refractivity contribution < 1.29 is 27.8 Å². The molecule has 2 aromatic carbocycles. The third-order valence-electron chi connectivity index (χ3n) is 6.87. The Bertz CT molecular complexity index is 1240. The number of rotatable bonds is 11. The maximum Gasteiger partial charge on any atom is 0.310 e. The van der Waals surface area contributed by atoms with Crippen LogP contribution in [0.5, 0.6) is 5.75 Å².